The van der Waals surface area contributed by atoms with E-state index < -0.39 is 5.97 Å². The molecule has 7 heteroatoms. The minimum Gasteiger partial charge on any atom is -0.481 e. The van der Waals surface area contributed by atoms with Gasteiger partial charge in [0.15, 0.2) is 0 Å². The maximum atomic E-state index is 11.0. The van der Waals surface area contributed by atoms with E-state index in [-0.39, 0.29) is 21.5 Å². The SMILES string of the molecule is COc1cc(CC(=O)O)c(-c2cc(Cl)c(Cl)c(Cl)c2)cn1. The van der Waals surface area contributed by atoms with Gasteiger partial charge in [-0.1, -0.05) is 34.8 Å². The van der Waals surface area contributed by atoms with Gasteiger partial charge in [-0.05, 0) is 23.3 Å². The van der Waals surface area contributed by atoms with E-state index in [1.807, 2.05) is 0 Å². The molecule has 1 N–H and O–H groups in total. The van der Waals surface area contributed by atoms with E-state index in [4.69, 9.17) is 44.6 Å². The number of aliphatic carboxylic acids is 1. The third kappa shape index (κ3) is 3.59. The Balaban J connectivity index is 2.59. The fourth-order valence-electron chi connectivity index (χ4n) is 1.87. The summed E-state index contributed by atoms with van der Waals surface area (Å²) >= 11 is 17.9. The predicted octanol–water partition coefficient (Wildman–Crippen LogP) is 4.34. The zero-order valence-corrected chi connectivity index (χ0v) is 13.1. The maximum Gasteiger partial charge on any atom is 0.307 e. The number of carboxylic acids is 1. The van der Waals surface area contributed by atoms with Crippen LogP contribution in [0.2, 0.25) is 15.1 Å². The van der Waals surface area contributed by atoms with Crippen molar-refractivity contribution >= 4 is 40.8 Å². The van der Waals surface area contributed by atoms with Crippen molar-refractivity contribution in [1.82, 2.24) is 4.98 Å². The molecule has 0 amide bonds. The van der Waals surface area contributed by atoms with Crippen LogP contribution in [0.5, 0.6) is 5.88 Å². The molecule has 0 spiro atoms. The lowest BCUT2D eigenvalue weighted by molar-refractivity contribution is -0.136. The summed E-state index contributed by atoms with van der Waals surface area (Å²) in [6, 6.07) is 4.80. The largest absolute Gasteiger partial charge is 0.481 e. The van der Waals surface area contributed by atoms with Gasteiger partial charge >= 0.3 is 5.97 Å². The van der Waals surface area contributed by atoms with E-state index in [1.54, 1.807) is 18.2 Å². The van der Waals surface area contributed by atoms with Crippen LogP contribution in [0.4, 0.5) is 0 Å². The van der Waals surface area contributed by atoms with Gasteiger partial charge in [-0.25, -0.2) is 4.98 Å². The summed E-state index contributed by atoms with van der Waals surface area (Å²) in [4.78, 5) is 15.1. The average Bonchev–Trinajstić information content (AvgIpc) is 2.43. The van der Waals surface area contributed by atoms with Gasteiger partial charge in [-0.2, -0.15) is 0 Å². The molecule has 0 bridgehead atoms. The molecule has 0 saturated heterocycles. The first kappa shape index (κ1) is 15.9. The molecular formula is C14H10Cl3NO3. The molecule has 21 heavy (non-hydrogen) atoms. The molecular weight excluding hydrogens is 337 g/mol. The second-order valence-corrected chi connectivity index (χ2v) is 5.40. The quantitative estimate of drug-likeness (QED) is 0.836. The second kappa shape index (κ2) is 6.52. The lowest BCUT2D eigenvalue weighted by Crippen LogP contribution is -2.03. The van der Waals surface area contributed by atoms with Gasteiger partial charge in [-0.3, -0.25) is 4.79 Å². The molecule has 0 saturated carbocycles. The number of ether oxygens (including phenoxy) is 1. The minimum absolute atomic E-state index is 0.175. The Labute approximate surface area is 136 Å². The van der Waals surface area contributed by atoms with Crippen LogP contribution in [0, 0.1) is 0 Å². The lowest BCUT2D eigenvalue weighted by Gasteiger charge is -2.11. The van der Waals surface area contributed by atoms with E-state index in [9.17, 15) is 4.79 Å². The lowest BCUT2D eigenvalue weighted by atomic mass is 10.00. The summed E-state index contributed by atoms with van der Waals surface area (Å²) in [6.45, 7) is 0. The van der Waals surface area contributed by atoms with Gasteiger partial charge in [0.1, 0.15) is 0 Å². The molecule has 0 aliphatic carbocycles. The highest BCUT2D eigenvalue weighted by Crippen LogP contribution is 2.36. The Morgan fingerprint density at radius 1 is 1.24 bits per heavy atom. The van der Waals surface area contributed by atoms with Crippen molar-refractivity contribution in [2.75, 3.05) is 7.11 Å². The Kier molecular flexibility index (Phi) is 4.93. The first-order valence-electron chi connectivity index (χ1n) is 5.82. The molecule has 1 aromatic heterocycles. The predicted molar refractivity (Wildman–Crippen MR) is 82.6 cm³/mol. The number of carboxylic acid groups (broad SMARTS) is 1. The summed E-state index contributed by atoms with van der Waals surface area (Å²) in [7, 11) is 1.46. The van der Waals surface area contributed by atoms with Crippen molar-refractivity contribution in [3.8, 4) is 17.0 Å². The van der Waals surface area contributed by atoms with Crippen LogP contribution in [0.15, 0.2) is 24.4 Å². The number of hydrogen-bond acceptors (Lipinski definition) is 3. The fourth-order valence-corrected chi connectivity index (χ4v) is 2.46. The Morgan fingerprint density at radius 3 is 2.38 bits per heavy atom. The minimum atomic E-state index is -0.962. The van der Waals surface area contributed by atoms with Crippen molar-refractivity contribution < 1.29 is 14.6 Å². The van der Waals surface area contributed by atoms with Crippen molar-refractivity contribution in [3.63, 3.8) is 0 Å². The zero-order valence-electron chi connectivity index (χ0n) is 10.9. The highest BCUT2D eigenvalue weighted by Gasteiger charge is 2.14. The molecule has 4 nitrogen and oxygen atoms in total. The van der Waals surface area contributed by atoms with Gasteiger partial charge in [0.2, 0.25) is 5.88 Å². The number of rotatable bonds is 4. The van der Waals surface area contributed by atoms with Crippen LogP contribution in [0.1, 0.15) is 5.56 Å². The van der Waals surface area contributed by atoms with Crippen molar-refractivity contribution in [2.24, 2.45) is 0 Å². The van der Waals surface area contributed by atoms with Crippen molar-refractivity contribution in [3.05, 3.63) is 45.0 Å². The van der Waals surface area contributed by atoms with E-state index in [0.29, 0.717) is 22.6 Å². The Bertz CT molecular complexity index is 681. The summed E-state index contributed by atoms with van der Waals surface area (Å²) in [5, 5.41) is 9.85. The molecule has 0 atom stereocenters. The van der Waals surface area contributed by atoms with Crippen LogP contribution >= 0.6 is 34.8 Å². The molecule has 110 valence electrons. The molecule has 1 aromatic carbocycles. The third-order valence-corrected chi connectivity index (χ3v) is 4.01. The molecule has 0 fully saturated rings. The fraction of sp³-hybridized carbons (Fsp3) is 0.143. The van der Waals surface area contributed by atoms with Gasteiger partial charge in [-0.15, -0.1) is 0 Å². The van der Waals surface area contributed by atoms with E-state index in [0.717, 1.165) is 0 Å². The topological polar surface area (TPSA) is 59.4 Å². The molecule has 1 heterocycles. The standard InChI is InChI=1S/C14H10Cl3NO3/c1-21-12-4-8(5-13(19)20)9(6-18-12)7-2-10(15)14(17)11(16)3-7/h2-4,6H,5H2,1H3,(H,19,20). The number of benzene rings is 1. The maximum absolute atomic E-state index is 11.0. The number of nitrogens with zero attached hydrogens (tertiary/aromatic N) is 1. The van der Waals surface area contributed by atoms with Gasteiger partial charge in [0, 0.05) is 17.8 Å². The Morgan fingerprint density at radius 2 is 1.86 bits per heavy atom. The number of halogens is 3. The van der Waals surface area contributed by atoms with Gasteiger partial charge in [0.25, 0.3) is 0 Å². The normalized spacial score (nSPS) is 10.5. The van der Waals surface area contributed by atoms with Crippen LogP contribution in [-0.2, 0) is 11.2 Å². The molecule has 0 aliphatic heterocycles. The summed E-state index contributed by atoms with van der Waals surface area (Å²) in [6.07, 6.45) is 1.35. The van der Waals surface area contributed by atoms with Crippen LogP contribution in [0.25, 0.3) is 11.1 Å². The number of carbonyl (C=O) groups is 1. The van der Waals surface area contributed by atoms with E-state index >= 15 is 0 Å². The molecule has 0 radical (unpaired) electrons. The number of hydrogen-bond donors (Lipinski definition) is 1. The summed E-state index contributed by atoms with van der Waals surface area (Å²) in [5.74, 6) is -0.628. The van der Waals surface area contributed by atoms with E-state index in [2.05, 4.69) is 4.98 Å². The average molecular weight is 347 g/mol. The molecule has 2 rings (SSSR count). The summed E-state index contributed by atoms with van der Waals surface area (Å²) < 4.78 is 5.02. The number of methoxy groups -OCH3 is 1. The number of pyridine rings is 1. The van der Waals surface area contributed by atoms with E-state index in [1.165, 1.54) is 13.3 Å². The first-order valence-corrected chi connectivity index (χ1v) is 6.95. The number of aromatic nitrogens is 1. The monoisotopic (exact) mass is 345 g/mol. The summed E-state index contributed by atoms with van der Waals surface area (Å²) in [5.41, 5.74) is 1.79. The smallest absolute Gasteiger partial charge is 0.307 e. The van der Waals surface area contributed by atoms with Gasteiger partial charge < -0.3 is 9.84 Å². The van der Waals surface area contributed by atoms with Crippen LogP contribution in [-0.4, -0.2) is 23.2 Å². The highest BCUT2D eigenvalue weighted by atomic mass is 35.5. The second-order valence-electron chi connectivity index (χ2n) is 4.21. The zero-order chi connectivity index (χ0) is 15.6. The Hall–Kier alpha value is -1.49. The third-order valence-electron chi connectivity index (χ3n) is 2.81. The molecule has 0 unspecified atom stereocenters. The van der Waals surface area contributed by atoms with Crippen molar-refractivity contribution in [1.29, 1.82) is 0 Å². The molecule has 0 aliphatic rings. The van der Waals surface area contributed by atoms with Crippen LogP contribution in [0.3, 0.4) is 0 Å². The molecule has 2 aromatic rings. The van der Waals surface area contributed by atoms with Crippen LogP contribution < -0.4 is 4.74 Å². The highest BCUT2D eigenvalue weighted by molar-refractivity contribution is 6.48. The first-order chi connectivity index (χ1) is 9.92. The van der Waals surface area contributed by atoms with Gasteiger partial charge in [0.05, 0.1) is 28.6 Å². The van der Waals surface area contributed by atoms with Crippen molar-refractivity contribution in [2.45, 2.75) is 6.42 Å².